The summed E-state index contributed by atoms with van der Waals surface area (Å²) in [6, 6.07) is 9.12. The second-order valence-corrected chi connectivity index (χ2v) is 6.86. The van der Waals surface area contributed by atoms with E-state index in [-0.39, 0.29) is 18.2 Å². The Morgan fingerprint density at radius 2 is 2.04 bits per heavy atom. The number of para-hydroxylation sites is 1. The molecule has 0 saturated carbocycles. The first-order valence-electron chi connectivity index (χ1n) is 8.16. The number of aliphatic imine (C=N–C) groups is 1. The van der Waals surface area contributed by atoms with Gasteiger partial charge in [-0.3, -0.25) is 4.99 Å². The van der Waals surface area contributed by atoms with Gasteiger partial charge in [-0.1, -0.05) is 55.1 Å². The van der Waals surface area contributed by atoms with Crippen molar-refractivity contribution < 1.29 is 9.53 Å². The highest BCUT2D eigenvalue weighted by Gasteiger charge is 2.42. The van der Waals surface area contributed by atoms with Crippen LogP contribution in [-0.2, 0) is 0 Å². The predicted octanol–water partition coefficient (Wildman–Crippen LogP) is 4.50. The molecule has 5 heteroatoms. The summed E-state index contributed by atoms with van der Waals surface area (Å²) in [7, 11) is 0. The number of carbonyl (C=O) groups excluding carboxylic acids is 1. The number of amidine groups is 1. The van der Waals surface area contributed by atoms with Crippen LogP contribution in [0.5, 0.6) is 5.75 Å². The third-order valence-corrected chi connectivity index (χ3v) is 5.08. The average Bonchev–Trinajstić information content (AvgIpc) is 2.93. The van der Waals surface area contributed by atoms with Crippen LogP contribution in [0.15, 0.2) is 59.1 Å². The van der Waals surface area contributed by atoms with E-state index in [9.17, 15) is 4.79 Å². The number of amides is 1. The molecule has 1 unspecified atom stereocenters. The van der Waals surface area contributed by atoms with Gasteiger partial charge in [0.2, 0.25) is 0 Å². The third kappa shape index (κ3) is 3.26. The molecular formula is C19H22N2O2S. The SMILES string of the molecule is CSC1=N[C@@H](C)[C@@H](C2=CC=CCC2C)N1C(=O)Oc1ccccc1. The average molecular weight is 342 g/mol. The molecule has 2 aliphatic rings. The fourth-order valence-electron chi connectivity index (χ4n) is 3.20. The van der Waals surface area contributed by atoms with E-state index in [1.807, 2.05) is 24.5 Å². The molecule has 1 aromatic carbocycles. The van der Waals surface area contributed by atoms with E-state index in [1.54, 1.807) is 17.0 Å². The van der Waals surface area contributed by atoms with Gasteiger partial charge in [0.1, 0.15) is 5.75 Å². The van der Waals surface area contributed by atoms with E-state index in [0.29, 0.717) is 11.7 Å². The first-order chi connectivity index (χ1) is 11.6. The molecule has 1 aromatic rings. The third-order valence-electron chi connectivity index (χ3n) is 4.41. The monoisotopic (exact) mass is 342 g/mol. The number of nitrogens with zero attached hydrogens (tertiary/aromatic N) is 2. The van der Waals surface area contributed by atoms with Crippen LogP contribution in [-0.4, -0.2) is 34.5 Å². The number of rotatable bonds is 2. The Labute approximate surface area is 147 Å². The summed E-state index contributed by atoms with van der Waals surface area (Å²) in [5.74, 6) is 0.942. The molecular weight excluding hydrogens is 320 g/mol. The van der Waals surface area contributed by atoms with Crippen LogP contribution < -0.4 is 4.74 Å². The Bertz CT molecular complexity index is 697. The van der Waals surface area contributed by atoms with Gasteiger partial charge < -0.3 is 4.74 Å². The van der Waals surface area contributed by atoms with Gasteiger partial charge in [0, 0.05) is 0 Å². The van der Waals surface area contributed by atoms with Crippen LogP contribution in [0.25, 0.3) is 0 Å². The highest BCUT2D eigenvalue weighted by atomic mass is 32.2. The molecule has 0 fully saturated rings. The lowest BCUT2D eigenvalue weighted by atomic mass is 9.85. The summed E-state index contributed by atoms with van der Waals surface area (Å²) in [4.78, 5) is 19.2. The standard InChI is InChI=1S/C19H22N2O2S/c1-13-9-7-8-12-16(13)17-14(2)20-18(24-3)21(17)19(22)23-15-10-5-4-6-11-15/h4-8,10-14,17H,9H2,1-3H3/t13?,14-,17-/m0/s1. The molecule has 24 heavy (non-hydrogen) atoms. The molecule has 1 heterocycles. The van der Waals surface area contributed by atoms with Gasteiger partial charge in [-0.05, 0) is 43.2 Å². The summed E-state index contributed by atoms with van der Waals surface area (Å²) in [6.45, 7) is 4.25. The summed E-state index contributed by atoms with van der Waals surface area (Å²) < 4.78 is 5.58. The van der Waals surface area contributed by atoms with Crippen molar-refractivity contribution >= 4 is 23.0 Å². The Morgan fingerprint density at radius 3 is 2.71 bits per heavy atom. The van der Waals surface area contributed by atoms with E-state index >= 15 is 0 Å². The number of thioether (sulfide) groups is 1. The smallest absolute Gasteiger partial charge is 0.410 e. The molecule has 126 valence electrons. The van der Waals surface area contributed by atoms with Gasteiger partial charge in [0.25, 0.3) is 0 Å². The summed E-state index contributed by atoms with van der Waals surface area (Å²) in [6.07, 6.45) is 8.92. The zero-order valence-corrected chi connectivity index (χ0v) is 15.0. The molecule has 0 N–H and O–H groups in total. The maximum Gasteiger partial charge on any atom is 0.422 e. The predicted molar refractivity (Wildman–Crippen MR) is 99.5 cm³/mol. The van der Waals surface area contributed by atoms with Crippen molar-refractivity contribution in [2.24, 2.45) is 10.9 Å². The van der Waals surface area contributed by atoms with Gasteiger partial charge in [-0.2, -0.15) is 0 Å². The molecule has 0 saturated heterocycles. The summed E-state index contributed by atoms with van der Waals surface area (Å²) >= 11 is 1.48. The number of ether oxygens (including phenoxy) is 1. The zero-order valence-electron chi connectivity index (χ0n) is 14.2. The Balaban J connectivity index is 1.89. The van der Waals surface area contributed by atoms with E-state index in [0.717, 1.165) is 11.6 Å². The van der Waals surface area contributed by atoms with Crippen LogP contribution in [0.2, 0.25) is 0 Å². The van der Waals surface area contributed by atoms with Gasteiger partial charge >= 0.3 is 6.09 Å². The Hall–Kier alpha value is -2.01. The van der Waals surface area contributed by atoms with Gasteiger partial charge in [-0.15, -0.1) is 0 Å². The summed E-state index contributed by atoms with van der Waals surface area (Å²) in [5.41, 5.74) is 1.24. The Morgan fingerprint density at radius 1 is 1.29 bits per heavy atom. The minimum absolute atomic E-state index is 0.0240. The van der Waals surface area contributed by atoms with E-state index < -0.39 is 0 Å². The van der Waals surface area contributed by atoms with Crippen LogP contribution in [0.3, 0.4) is 0 Å². The number of hydrogen-bond donors (Lipinski definition) is 0. The lowest BCUT2D eigenvalue weighted by Crippen LogP contribution is -2.46. The van der Waals surface area contributed by atoms with Gasteiger partial charge in [0.15, 0.2) is 5.17 Å². The van der Waals surface area contributed by atoms with Crippen LogP contribution in [0, 0.1) is 5.92 Å². The fraction of sp³-hybridized carbons (Fsp3) is 0.368. The first-order valence-corrected chi connectivity index (χ1v) is 9.38. The molecule has 0 bridgehead atoms. The van der Waals surface area contributed by atoms with E-state index in [4.69, 9.17) is 4.74 Å². The number of allylic oxidation sites excluding steroid dienone is 3. The molecule has 1 aliphatic carbocycles. The maximum atomic E-state index is 12.9. The van der Waals surface area contributed by atoms with Gasteiger partial charge in [0.05, 0.1) is 12.1 Å². The number of benzene rings is 1. The highest BCUT2D eigenvalue weighted by molar-refractivity contribution is 8.13. The molecule has 3 atom stereocenters. The fourth-order valence-corrected chi connectivity index (χ4v) is 3.86. The molecule has 0 spiro atoms. The Kier molecular flexibility index (Phi) is 5.09. The van der Waals surface area contributed by atoms with Gasteiger partial charge in [-0.25, -0.2) is 9.69 Å². The minimum atomic E-state index is -0.369. The molecule has 4 nitrogen and oxygen atoms in total. The van der Waals surface area contributed by atoms with Crippen LogP contribution in [0.1, 0.15) is 20.3 Å². The lowest BCUT2D eigenvalue weighted by Gasteiger charge is -2.32. The lowest BCUT2D eigenvalue weighted by molar-refractivity contribution is 0.168. The molecule has 0 aromatic heterocycles. The van der Waals surface area contributed by atoms with Crippen molar-refractivity contribution in [1.29, 1.82) is 0 Å². The highest BCUT2D eigenvalue weighted by Crippen LogP contribution is 2.34. The summed E-state index contributed by atoms with van der Waals surface area (Å²) in [5, 5.41) is 0.719. The number of hydrogen-bond acceptors (Lipinski definition) is 4. The van der Waals surface area contributed by atoms with Crippen molar-refractivity contribution in [3.8, 4) is 5.75 Å². The van der Waals surface area contributed by atoms with Crippen molar-refractivity contribution in [1.82, 2.24) is 4.90 Å². The zero-order chi connectivity index (χ0) is 17.1. The van der Waals surface area contributed by atoms with Crippen molar-refractivity contribution in [3.05, 3.63) is 54.1 Å². The van der Waals surface area contributed by atoms with Crippen molar-refractivity contribution in [2.45, 2.75) is 32.4 Å². The minimum Gasteiger partial charge on any atom is -0.410 e. The van der Waals surface area contributed by atoms with E-state index in [1.165, 1.54) is 17.3 Å². The van der Waals surface area contributed by atoms with E-state index in [2.05, 4.69) is 37.1 Å². The molecule has 3 rings (SSSR count). The first kappa shape index (κ1) is 16.8. The van der Waals surface area contributed by atoms with Crippen LogP contribution >= 0.6 is 11.8 Å². The topological polar surface area (TPSA) is 41.9 Å². The molecule has 1 aliphatic heterocycles. The molecule has 1 amide bonds. The number of carbonyl (C=O) groups is 1. The van der Waals surface area contributed by atoms with Crippen molar-refractivity contribution in [2.75, 3.05) is 6.26 Å². The quantitative estimate of drug-likeness (QED) is 0.795. The molecule has 0 radical (unpaired) electrons. The maximum absolute atomic E-state index is 12.9. The van der Waals surface area contributed by atoms with Crippen LogP contribution in [0.4, 0.5) is 4.79 Å². The van der Waals surface area contributed by atoms with Crippen molar-refractivity contribution in [3.63, 3.8) is 0 Å². The second-order valence-electron chi connectivity index (χ2n) is 6.08. The largest absolute Gasteiger partial charge is 0.422 e. The normalized spacial score (nSPS) is 26.1. The second kappa shape index (κ2) is 7.26.